The first-order valence-corrected chi connectivity index (χ1v) is 10.2. The molecule has 0 unspecified atom stereocenters. The van der Waals surface area contributed by atoms with E-state index in [-0.39, 0.29) is 5.91 Å². The fourth-order valence-electron chi connectivity index (χ4n) is 3.89. The molecule has 2 aliphatic heterocycles. The number of piperazine rings is 1. The number of pyridine rings is 1. The highest BCUT2D eigenvalue weighted by atomic mass is 16.2. The number of benzene rings is 1. The fraction of sp³-hybridized carbons (Fsp3) is 0.455. The zero-order valence-corrected chi connectivity index (χ0v) is 16.8. The van der Waals surface area contributed by atoms with Crippen LogP contribution < -0.4 is 10.2 Å². The van der Waals surface area contributed by atoms with Crippen LogP contribution >= 0.6 is 0 Å². The molecule has 0 radical (unpaired) electrons. The number of carbonyl (C=O) groups excluding carboxylic acids is 1. The van der Waals surface area contributed by atoms with Gasteiger partial charge in [0.15, 0.2) is 0 Å². The summed E-state index contributed by atoms with van der Waals surface area (Å²) in [5, 5.41) is 3.47. The maximum Gasteiger partial charge on any atom is 0.254 e. The summed E-state index contributed by atoms with van der Waals surface area (Å²) in [6.07, 6.45) is 5.94. The van der Waals surface area contributed by atoms with Gasteiger partial charge in [0.25, 0.3) is 5.91 Å². The number of rotatable bonds is 6. The van der Waals surface area contributed by atoms with E-state index in [1.807, 2.05) is 29.4 Å². The molecule has 0 atom stereocenters. The molecule has 1 aromatic heterocycles. The quantitative estimate of drug-likeness (QED) is 0.834. The lowest BCUT2D eigenvalue weighted by Crippen LogP contribution is -2.44. The topological polar surface area (TPSA) is 51.7 Å². The average Bonchev–Trinajstić information content (AvgIpc) is 3.02. The minimum absolute atomic E-state index is 0.161. The summed E-state index contributed by atoms with van der Waals surface area (Å²) in [5.74, 6) is 0.161. The third-order valence-electron chi connectivity index (χ3n) is 5.65. The molecule has 2 aliphatic rings. The standard InChI is InChI=1S/C22H29N5O/c1-3-4-7-27-16-17-12-18(5-6-21(17)22(27)28)24-19-13-20(15-23-14-19)26-10-8-25(2)9-11-26/h5-6,12-15,24H,3-4,7-11,16H2,1-2H3. The van der Waals surface area contributed by atoms with Crippen LogP contribution in [0.2, 0.25) is 0 Å². The van der Waals surface area contributed by atoms with Crippen LogP contribution in [0.5, 0.6) is 0 Å². The number of unbranched alkanes of at least 4 members (excludes halogenated alkanes) is 1. The second-order valence-electron chi connectivity index (χ2n) is 7.80. The second-order valence-corrected chi connectivity index (χ2v) is 7.80. The molecule has 2 aromatic rings. The number of nitrogens with zero attached hydrogens (tertiary/aromatic N) is 4. The number of hydrogen-bond donors (Lipinski definition) is 1. The maximum atomic E-state index is 12.5. The van der Waals surface area contributed by atoms with Crippen molar-refractivity contribution in [2.24, 2.45) is 0 Å². The van der Waals surface area contributed by atoms with E-state index in [9.17, 15) is 4.79 Å². The van der Waals surface area contributed by atoms with Gasteiger partial charge in [0.1, 0.15) is 0 Å². The summed E-state index contributed by atoms with van der Waals surface area (Å²) in [6, 6.07) is 8.19. The zero-order valence-electron chi connectivity index (χ0n) is 16.8. The first kappa shape index (κ1) is 18.7. The molecule has 0 spiro atoms. The molecule has 0 saturated carbocycles. The Hall–Kier alpha value is -2.60. The predicted molar refractivity (Wildman–Crippen MR) is 113 cm³/mol. The summed E-state index contributed by atoms with van der Waals surface area (Å²) >= 11 is 0. The molecule has 6 heteroatoms. The third-order valence-corrected chi connectivity index (χ3v) is 5.65. The Morgan fingerprint density at radius 1 is 1.07 bits per heavy atom. The van der Waals surface area contributed by atoms with Crippen molar-refractivity contribution in [1.29, 1.82) is 0 Å². The first-order chi connectivity index (χ1) is 13.6. The maximum absolute atomic E-state index is 12.5. The molecule has 1 fully saturated rings. The Morgan fingerprint density at radius 3 is 2.68 bits per heavy atom. The molecule has 1 aromatic carbocycles. The van der Waals surface area contributed by atoms with Crippen molar-refractivity contribution in [1.82, 2.24) is 14.8 Å². The van der Waals surface area contributed by atoms with Crippen LogP contribution in [0.1, 0.15) is 35.7 Å². The van der Waals surface area contributed by atoms with Gasteiger partial charge in [-0.15, -0.1) is 0 Å². The molecule has 0 aliphatic carbocycles. The monoisotopic (exact) mass is 379 g/mol. The molecule has 148 valence electrons. The summed E-state index contributed by atoms with van der Waals surface area (Å²) in [5.41, 5.74) is 5.07. The number of likely N-dealkylation sites (N-methyl/N-ethyl adjacent to an activating group) is 1. The Balaban J connectivity index is 1.46. The van der Waals surface area contributed by atoms with Crippen molar-refractivity contribution >= 4 is 23.0 Å². The van der Waals surface area contributed by atoms with Crippen LogP contribution in [0.25, 0.3) is 0 Å². The van der Waals surface area contributed by atoms with E-state index in [1.54, 1.807) is 0 Å². The first-order valence-electron chi connectivity index (χ1n) is 10.2. The summed E-state index contributed by atoms with van der Waals surface area (Å²) < 4.78 is 0. The van der Waals surface area contributed by atoms with Gasteiger partial charge in [-0.25, -0.2) is 0 Å². The smallest absolute Gasteiger partial charge is 0.254 e. The minimum atomic E-state index is 0.161. The summed E-state index contributed by atoms with van der Waals surface area (Å²) in [4.78, 5) is 23.6. The van der Waals surface area contributed by atoms with Crippen LogP contribution in [-0.4, -0.2) is 60.5 Å². The van der Waals surface area contributed by atoms with E-state index in [0.717, 1.165) is 73.8 Å². The molecule has 1 saturated heterocycles. The number of carbonyl (C=O) groups is 1. The Bertz CT molecular complexity index is 845. The van der Waals surface area contributed by atoms with Crippen LogP contribution in [-0.2, 0) is 6.54 Å². The predicted octanol–water partition coefficient (Wildman–Crippen LogP) is 3.33. The molecule has 6 nitrogen and oxygen atoms in total. The molecular weight excluding hydrogens is 350 g/mol. The number of hydrogen-bond acceptors (Lipinski definition) is 5. The normalized spacial score (nSPS) is 17.1. The Kier molecular flexibility index (Phi) is 5.48. The van der Waals surface area contributed by atoms with Crippen molar-refractivity contribution in [2.45, 2.75) is 26.3 Å². The number of anilines is 3. The van der Waals surface area contributed by atoms with Gasteiger partial charge < -0.3 is 20.0 Å². The van der Waals surface area contributed by atoms with Crippen molar-refractivity contribution in [3.63, 3.8) is 0 Å². The van der Waals surface area contributed by atoms with E-state index < -0.39 is 0 Å². The number of amides is 1. The van der Waals surface area contributed by atoms with Gasteiger partial charge in [-0.2, -0.15) is 0 Å². The highest BCUT2D eigenvalue weighted by Gasteiger charge is 2.26. The van der Waals surface area contributed by atoms with E-state index in [4.69, 9.17) is 0 Å². The van der Waals surface area contributed by atoms with E-state index in [2.05, 4.69) is 46.2 Å². The van der Waals surface area contributed by atoms with Gasteiger partial charge in [-0.3, -0.25) is 9.78 Å². The molecule has 1 N–H and O–H groups in total. The Morgan fingerprint density at radius 2 is 1.89 bits per heavy atom. The molecule has 3 heterocycles. The molecule has 0 bridgehead atoms. The second kappa shape index (κ2) is 8.19. The van der Waals surface area contributed by atoms with Gasteiger partial charge in [-0.05, 0) is 43.3 Å². The van der Waals surface area contributed by atoms with E-state index in [1.165, 1.54) is 0 Å². The molecule has 4 rings (SSSR count). The number of aromatic nitrogens is 1. The lowest BCUT2D eigenvalue weighted by Gasteiger charge is -2.33. The third kappa shape index (κ3) is 3.97. The van der Waals surface area contributed by atoms with E-state index in [0.29, 0.717) is 6.54 Å². The van der Waals surface area contributed by atoms with Crippen molar-refractivity contribution < 1.29 is 4.79 Å². The SMILES string of the molecule is CCCCN1Cc2cc(Nc3cncc(N4CCN(C)CC4)c3)ccc2C1=O. The van der Waals surface area contributed by atoms with Crippen LogP contribution in [0.3, 0.4) is 0 Å². The van der Waals surface area contributed by atoms with Crippen LogP contribution in [0, 0.1) is 0 Å². The zero-order chi connectivity index (χ0) is 19.5. The minimum Gasteiger partial charge on any atom is -0.368 e. The highest BCUT2D eigenvalue weighted by Crippen LogP contribution is 2.28. The highest BCUT2D eigenvalue weighted by molar-refractivity contribution is 5.98. The van der Waals surface area contributed by atoms with Gasteiger partial charge in [0, 0.05) is 50.5 Å². The van der Waals surface area contributed by atoms with Gasteiger partial charge in [-0.1, -0.05) is 13.3 Å². The molecule has 28 heavy (non-hydrogen) atoms. The van der Waals surface area contributed by atoms with Crippen molar-refractivity contribution in [3.05, 3.63) is 47.8 Å². The van der Waals surface area contributed by atoms with Crippen LogP contribution in [0.4, 0.5) is 17.1 Å². The van der Waals surface area contributed by atoms with Crippen molar-refractivity contribution in [2.75, 3.05) is 50.0 Å². The van der Waals surface area contributed by atoms with Gasteiger partial charge >= 0.3 is 0 Å². The molecule has 1 amide bonds. The van der Waals surface area contributed by atoms with Gasteiger partial charge in [0.2, 0.25) is 0 Å². The lowest BCUT2D eigenvalue weighted by atomic mass is 10.1. The number of nitrogens with one attached hydrogen (secondary N) is 1. The Labute approximate surface area is 167 Å². The number of fused-ring (bicyclic) bond motifs is 1. The van der Waals surface area contributed by atoms with Crippen molar-refractivity contribution in [3.8, 4) is 0 Å². The fourth-order valence-corrected chi connectivity index (χ4v) is 3.89. The average molecular weight is 380 g/mol. The molecular formula is C22H29N5O. The largest absolute Gasteiger partial charge is 0.368 e. The van der Waals surface area contributed by atoms with E-state index >= 15 is 0 Å². The summed E-state index contributed by atoms with van der Waals surface area (Å²) in [7, 11) is 2.16. The lowest BCUT2D eigenvalue weighted by molar-refractivity contribution is 0.0776. The van der Waals surface area contributed by atoms with Crippen LogP contribution in [0.15, 0.2) is 36.7 Å². The summed E-state index contributed by atoms with van der Waals surface area (Å²) in [6.45, 7) is 7.90. The van der Waals surface area contributed by atoms with Gasteiger partial charge in [0.05, 0.1) is 23.8 Å².